The molecule has 2 aliphatic rings. The smallest absolute Gasteiger partial charge is 0.293 e. The first-order valence-corrected chi connectivity index (χ1v) is 9.74. The van der Waals surface area contributed by atoms with Crippen molar-refractivity contribution in [3.8, 4) is 0 Å². The van der Waals surface area contributed by atoms with Gasteiger partial charge in [0.05, 0.1) is 17.6 Å². The zero-order valence-electron chi connectivity index (χ0n) is 13.3. The Balaban J connectivity index is 1.46. The average molecular weight is 373 g/mol. The topological polar surface area (TPSA) is 97.2 Å². The Morgan fingerprint density at radius 1 is 1.20 bits per heavy atom. The lowest BCUT2D eigenvalue weighted by Crippen LogP contribution is -2.36. The molecule has 1 aromatic carbocycles. The Kier molecular flexibility index (Phi) is 4.41. The summed E-state index contributed by atoms with van der Waals surface area (Å²) in [5.41, 5.74) is 6.86. The van der Waals surface area contributed by atoms with Gasteiger partial charge in [-0.3, -0.25) is 0 Å². The van der Waals surface area contributed by atoms with Crippen LogP contribution in [-0.2, 0) is 11.2 Å². The fraction of sp³-hybridized carbons (Fsp3) is 0.188. The summed E-state index contributed by atoms with van der Waals surface area (Å²) in [6.07, 6.45) is 2.80. The van der Waals surface area contributed by atoms with Crippen molar-refractivity contribution in [3.05, 3.63) is 42.6 Å². The second kappa shape index (κ2) is 6.85. The van der Waals surface area contributed by atoms with E-state index in [1.54, 1.807) is 11.8 Å². The first kappa shape index (κ1) is 16.1. The summed E-state index contributed by atoms with van der Waals surface area (Å²) in [5, 5.41) is 3.11. The van der Waals surface area contributed by atoms with Crippen molar-refractivity contribution in [1.29, 1.82) is 0 Å². The summed E-state index contributed by atoms with van der Waals surface area (Å²) >= 11 is 0.191. The number of para-hydroxylation sites is 1. The molecule has 0 bridgehead atoms. The van der Waals surface area contributed by atoms with Gasteiger partial charge in [0.25, 0.3) is 17.0 Å². The average Bonchev–Trinajstić information content (AvgIpc) is 2.95. The summed E-state index contributed by atoms with van der Waals surface area (Å²) in [7, 11) is 0. The Labute approximate surface area is 152 Å². The molecule has 0 aliphatic carbocycles. The van der Waals surface area contributed by atoms with Gasteiger partial charge >= 0.3 is 0 Å². The molecule has 2 aliphatic heterocycles. The summed E-state index contributed by atoms with van der Waals surface area (Å²) in [6.45, 7) is 1.49. The Morgan fingerprint density at radius 2 is 2.04 bits per heavy atom. The molecule has 9 heteroatoms. The minimum Gasteiger partial charge on any atom is -0.380 e. The predicted octanol–water partition coefficient (Wildman–Crippen LogP) is 1.43. The van der Waals surface area contributed by atoms with Crippen LogP contribution in [0, 0.1) is 0 Å². The van der Waals surface area contributed by atoms with E-state index >= 15 is 0 Å². The van der Waals surface area contributed by atoms with Crippen LogP contribution in [0.2, 0.25) is 0 Å². The molecule has 25 heavy (non-hydrogen) atoms. The van der Waals surface area contributed by atoms with Gasteiger partial charge in [0.1, 0.15) is 10.6 Å². The van der Waals surface area contributed by atoms with E-state index in [-0.39, 0.29) is 5.84 Å². The molecular weight excluding hydrogens is 356 g/mol. The molecule has 4 rings (SSSR count). The number of pyridine rings is 1. The number of fused-ring (bicyclic) bond motifs is 2. The van der Waals surface area contributed by atoms with E-state index in [0.29, 0.717) is 12.4 Å². The monoisotopic (exact) mass is 373 g/mol. The normalized spacial score (nSPS) is 18.2. The van der Waals surface area contributed by atoms with E-state index in [0.717, 1.165) is 18.8 Å². The largest absolute Gasteiger partial charge is 0.380 e. The lowest BCUT2D eigenvalue weighted by atomic mass is 10.2. The number of hydrogen-bond donors (Lipinski definition) is 2. The number of amidine groups is 2. The molecule has 7 nitrogen and oxygen atoms in total. The number of aromatic amines is 1. The number of aromatic nitrogens is 1. The van der Waals surface area contributed by atoms with Gasteiger partial charge < -0.3 is 11.1 Å². The number of anilines is 2. The first-order chi connectivity index (χ1) is 12.2. The molecule has 0 saturated heterocycles. The molecular formula is C16H17N6OS2+. The maximum atomic E-state index is 11.2. The molecule has 128 valence electrons. The number of H-pyrrole nitrogens is 1. The number of hydrogen-bond acceptors (Lipinski definition) is 5. The SMILES string of the molecule is NC1=NS(=O)N=C1NCCCN1c2ccccc2Sc2ccc[nH+]c21. The van der Waals surface area contributed by atoms with Crippen LogP contribution in [0.3, 0.4) is 0 Å². The minimum atomic E-state index is -1.58. The second-order valence-corrected chi connectivity index (χ2v) is 7.44. The van der Waals surface area contributed by atoms with Crippen LogP contribution in [0.15, 0.2) is 61.2 Å². The Bertz CT molecular complexity index is 852. The molecule has 1 unspecified atom stereocenters. The fourth-order valence-electron chi connectivity index (χ4n) is 2.78. The van der Waals surface area contributed by atoms with E-state index in [1.165, 1.54) is 15.5 Å². The van der Waals surface area contributed by atoms with E-state index in [4.69, 9.17) is 5.73 Å². The zero-order valence-corrected chi connectivity index (χ0v) is 14.9. The second-order valence-electron chi connectivity index (χ2n) is 5.53. The molecule has 0 fully saturated rings. The number of rotatable bonds is 4. The van der Waals surface area contributed by atoms with Gasteiger partial charge in [-0.05, 0) is 24.3 Å². The summed E-state index contributed by atoms with van der Waals surface area (Å²) in [5.74, 6) is 1.73. The number of nitrogens with two attached hydrogens (primary N) is 1. The van der Waals surface area contributed by atoms with Crippen LogP contribution >= 0.6 is 11.8 Å². The molecule has 0 amide bonds. The minimum absolute atomic E-state index is 0.205. The van der Waals surface area contributed by atoms with Crippen LogP contribution in [-0.4, -0.2) is 29.0 Å². The van der Waals surface area contributed by atoms with E-state index in [2.05, 4.69) is 54.3 Å². The lowest BCUT2D eigenvalue weighted by Gasteiger charge is -2.24. The quantitative estimate of drug-likeness (QED) is 0.790. The first-order valence-electron chi connectivity index (χ1n) is 7.86. The third kappa shape index (κ3) is 3.24. The van der Waals surface area contributed by atoms with Crippen molar-refractivity contribution in [2.75, 3.05) is 18.0 Å². The summed E-state index contributed by atoms with van der Waals surface area (Å²) < 4.78 is 18.8. The molecule has 0 radical (unpaired) electrons. The van der Waals surface area contributed by atoms with Crippen LogP contribution in [0.1, 0.15) is 6.42 Å². The fourth-order valence-corrected chi connectivity index (χ4v) is 4.47. The molecule has 0 saturated carbocycles. The van der Waals surface area contributed by atoms with Gasteiger partial charge in [-0.1, -0.05) is 23.9 Å². The molecule has 1 aromatic heterocycles. The predicted molar refractivity (Wildman–Crippen MR) is 100 cm³/mol. The van der Waals surface area contributed by atoms with Crippen LogP contribution < -0.4 is 20.9 Å². The standard InChI is InChI=1S/C16H16N6OS2/c17-14-15(21-25(23)20-14)18-9-4-10-22-11-5-1-2-6-12(11)24-13-7-3-8-19-16(13)22/h1-3,5-8H,4,9-10H2,(H2,17,20)(H,18,21)/p+1. The van der Waals surface area contributed by atoms with Gasteiger partial charge in [0.15, 0.2) is 11.7 Å². The van der Waals surface area contributed by atoms with Crippen LogP contribution in [0.4, 0.5) is 11.5 Å². The molecule has 3 heterocycles. The van der Waals surface area contributed by atoms with E-state index in [9.17, 15) is 4.21 Å². The van der Waals surface area contributed by atoms with Crippen molar-refractivity contribution in [2.45, 2.75) is 16.2 Å². The van der Waals surface area contributed by atoms with E-state index < -0.39 is 11.2 Å². The Hall–Kier alpha value is -2.39. The molecule has 2 aromatic rings. The van der Waals surface area contributed by atoms with Gasteiger partial charge in [0.2, 0.25) is 0 Å². The van der Waals surface area contributed by atoms with Gasteiger partial charge in [-0.15, -0.1) is 8.80 Å². The highest BCUT2D eigenvalue weighted by Crippen LogP contribution is 2.45. The van der Waals surface area contributed by atoms with Gasteiger partial charge in [-0.2, -0.15) is 0 Å². The van der Waals surface area contributed by atoms with Crippen molar-refractivity contribution in [2.24, 2.45) is 14.5 Å². The number of nitrogens with one attached hydrogen (secondary N) is 2. The van der Waals surface area contributed by atoms with Crippen molar-refractivity contribution < 1.29 is 9.19 Å². The highest BCUT2D eigenvalue weighted by molar-refractivity contribution is 7.99. The summed E-state index contributed by atoms with van der Waals surface area (Å²) in [6, 6.07) is 12.5. The molecule has 1 atom stereocenters. The van der Waals surface area contributed by atoms with Gasteiger partial charge in [0, 0.05) is 13.0 Å². The Morgan fingerprint density at radius 3 is 2.88 bits per heavy atom. The number of nitrogens with zero attached hydrogens (tertiary/aromatic N) is 3. The van der Waals surface area contributed by atoms with Crippen LogP contribution in [0.5, 0.6) is 0 Å². The maximum absolute atomic E-state index is 11.2. The third-order valence-corrected chi connectivity index (χ3v) is 5.69. The van der Waals surface area contributed by atoms with Crippen molar-refractivity contribution in [3.63, 3.8) is 0 Å². The van der Waals surface area contributed by atoms with E-state index in [1.807, 2.05) is 12.3 Å². The molecule has 0 spiro atoms. The lowest BCUT2D eigenvalue weighted by molar-refractivity contribution is -0.366. The summed E-state index contributed by atoms with van der Waals surface area (Å²) in [4.78, 5) is 8.10. The highest BCUT2D eigenvalue weighted by Gasteiger charge is 2.30. The van der Waals surface area contributed by atoms with Crippen molar-refractivity contribution in [1.82, 2.24) is 5.32 Å². The highest BCUT2D eigenvalue weighted by atomic mass is 32.2. The van der Waals surface area contributed by atoms with Crippen LogP contribution in [0.25, 0.3) is 0 Å². The van der Waals surface area contributed by atoms with Gasteiger partial charge in [-0.25, -0.2) is 14.1 Å². The molecule has 4 N–H and O–H groups in total. The zero-order chi connectivity index (χ0) is 17.2. The third-order valence-electron chi connectivity index (χ3n) is 3.88. The maximum Gasteiger partial charge on any atom is 0.293 e. The van der Waals surface area contributed by atoms with Crippen molar-refractivity contribution >= 4 is 46.1 Å². The number of benzene rings is 1.